The molecule has 0 spiro atoms. The maximum absolute atomic E-state index is 12.8. The number of nitrogens with one attached hydrogen (secondary N) is 1. The molecule has 0 aliphatic carbocycles. The summed E-state index contributed by atoms with van der Waals surface area (Å²) in [5, 5.41) is 6.27. The maximum Gasteiger partial charge on any atom is 0.253 e. The number of hydrogen-bond acceptors (Lipinski definition) is 3. The van der Waals surface area contributed by atoms with Crippen LogP contribution in [0, 0.1) is 6.92 Å². The molecule has 4 aromatic carbocycles. The van der Waals surface area contributed by atoms with Gasteiger partial charge in [0.25, 0.3) is 5.91 Å². The lowest BCUT2D eigenvalue weighted by Crippen LogP contribution is -2.37. The lowest BCUT2D eigenvalue weighted by molar-refractivity contribution is 0.0826. The summed E-state index contributed by atoms with van der Waals surface area (Å²) in [6.45, 7) is 4.96. The molecule has 4 nitrogen and oxygen atoms in total. The molecule has 4 heteroatoms. The van der Waals surface area contributed by atoms with Crippen LogP contribution in [-0.4, -0.2) is 37.6 Å². The van der Waals surface area contributed by atoms with Gasteiger partial charge in [0.2, 0.25) is 0 Å². The van der Waals surface area contributed by atoms with Crippen molar-refractivity contribution in [3.8, 4) is 5.75 Å². The van der Waals surface area contributed by atoms with Gasteiger partial charge in [-0.2, -0.15) is 0 Å². The summed E-state index contributed by atoms with van der Waals surface area (Å²) in [6, 6.07) is 29.8. The molecule has 1 heterocycles. The molecule has 3 atom stereocenters. The second kappa shape index (κ2) is 10.2. The van der Waals surface area contributed by atoms with Crippen LogP contribution < -0.4 is 10.1 Å². The number of fused-ring (bicyclic) bond motifs is 2. The Hall–Kier alpha value is -3.63. The van der Waals surface area contributed by atoms with E-state index in [2.05, 4.69) is 91.1 Å². The van der Waals surface area contributed by atoms with E-state index >= 15 is 0 Å². The van der Waals surface area contributed by atoms with Crippen LogP contribution in [-0.2, 0) is 0 Å². The second-order valence-electron chi connectivity index (χ2n) is 10.0. The summed E-state index contributed by atoms with van der Waals surface area (Å²) >= 11 is 0. The minimum Gasteiger partial charge on any atom is -0.489 e. The fraction of sp³-hybridized carbons (Fsp3) is 0.281. The fourth-order valence-electron chi connectivity index (χ4n) is 5.31. The number of rotatable bonds is 6. The van der Waals surface area contributed by atoms with E-state index in [0.29, 0.717) is 0 Å². The van der Waals surface area contributed by atoms with Gasteiger partial charge < -0.3 is 15.0 Å². The first kappa shape index (κ1) is 24.1. The number of carbonyl (C=O) groups excluding carboxylic acids is 1. The Morgan fingerprint density at radius 2 is 1.75 bits per heavy atom. The van der Waals surface area contributed by atoms with Gasteiger partial charge in [-0.15, -0.1) is 0 Å². The van der Waals surface area contributed by atoms with Crippen LogP contribution in [0.4, 0.5) is 0 Å². The first-order valence-electron chi connectivity index (χ1n) is 12.7. The highest BCUT2D eigenvalue weighted by Gasteiger charge is 2.30. The van der Waals surface area contributed by atoms with Crippen molar-refractivity contribution in [1.29, 1.82) is 0 Å². The summed E-state index contributed by atoms with van der Waals surface area (Å²) in [5.74, 6) is 1.14. The number of carbonyl (C=O) groups is 1. The molecule has 0 radical (unpaired) electrons. The molecule has 1 aliphatic heterocycles. The predicted molar refractivity (Wildman–Crippen MR) is 147 cm³/mol. The van der Waals surface area contributed by atoms with Crippen LogP contribution in [0.3, 0.4) is 0 Å². The van der Waals surface area contributed by atoms with Gasteiger partial charge in [0, 0.05) is 43.7 Å². The highest BCUT2D eigenvalue weighted by molar-refractivity contribution is 5.95. The summed E-state index contributed by atoms with van der Waals surface area (Å²) in [5.41, 5.74) is 5.41. The average molecular weight is 479 g/mol. The van der Waals surface area contributed by atoms with Crippen molar-refractivity contribution in [3.05, 3.63) is 113 Å². The number of nitrogens with zero attached hydrogens (tertiary/aromatic N) is 1. The third-order valence-corrected chi connectivity index (χ3v) is 7.33. The number of para-hydroxylation sites is 1. The average Bonchev–Trinajstić information content (AvgIpc) is 2.90. The molecule has 1 N–H and O–H groups in total. The Morgan fingerprint density at radius 3 is 2.58 bits per heavy atom. The van der Waals surface area contributed by atoms with Gasteiger partial charge in [-0.05, 0) is 59.9 Å². The van der Waals surface area contributed by atoms with Crippen molar-refractivity contribution in [2.24, 2.45) is 0 Å². The van der Waals surface area contributed by atoms with E-state index in [1.54, 1.807) is 19.0 Å². The quantitative estimate of drug-likeness (QED) is 0.345. The minimum absolute atomic E-state index is 0.0247. The van der Waals surface area contributed by atoms with Crippen molar-refractivity contribution in [2.45, 2.75) is 38.3 Å². The Kier molecular flexibility index (Phi) is 6.80. The maximum atomic E-state index is 12.8. The van der Waals surface area contributed by atoms with E-state index in [0.717, 1.165) is 35.4 Å². The van der Waals surface area contributed by atoms with Crippen LogP contribution >= 0.6 is 0 Å². The predicted octanol–water partition coefficient (Wildman–Crippen LogP) is 6.48. The Labute approximate surface area is 213 Å². The molecule has 0 saturated carbocycles. The number of amides is 1. The van der Waals surface area contributed by atoms with E-state index in [9.17, 15) is 4.79 Å². The molecule has 1 amide bonds. The van der Waals surface area contributed by atoms with Crippen molar-refractivity contribution in [3.63, 3.8) is 0 Å². The van der Waals surface area contributed by atoms with Gasteiger partial charge in [0.05, 0.1) is 0 Å². The van der Waals surface area contributed by atoms with Crippen LogP contribution in [0.5, 0.6) is 5.75 Å². The smallest absolute Gasteiger partial charge is 0.253 e. The van der Waals surface area contributed by atoms with Gasteiger partial charge in [-0.25, -0.2) is 0 Å². The zero-order valence-corrected chi connectivity index (χ0v) is 21.5. The topological polar surface area (TPSA) is 41.6 Å². The first-order chi connectivity index (χ1) is 17.4. The summed E-state index contributed by atoms with van der Waals surface area (Å²) < 4.78 is 6.46. The van der Waals surface area contributed by atoms with E-state index in [1.807, 2.05) is 13.0 Å². The molecular weight excluding hydrogens is 444 g/mol. The number of benzene rings is 4. The molecule has 0 saturated heterocycles. The minimum atomic E-state index is 0.0247. The summed E-state index contributed by atoms with van der Waals surface area (Å²) in [7, 11) is 3.61. The van der Waals surface area contributed by atoms with Gasteiger partial charge in [0.1, 0.15) is 11.9 Å². The molecule has 0 fully saturated rings. The van der Waals surface area contributed by atoms with Gasteiger partial charge >= 0.3 is 0 Å². The molecule has 4 aromatic rings. The lowest BCUT2D eigenvalue weighted by atomic mass is 9.83. The number of hydrogen-bond donors (Lipinski definition) is 1. The van der Waals surface area contributed by atoms with Crippen molar-refractivity contribution < 1.29 is 9.53 Å². The first-order valence-corrected chi connectivity index (χ1v) is 12.7. The van der Waals surface area contributed by atoms with Crippen LogP contribution in [0.25, 0.3) is 10.8 Å². The highest BCUT2D eigenvalue weighted by Crippen LogP contribution is 2.41. The van der Waals surface area contributed by atoms with Gasteiger partial charge in [-0.3, -0.25) is 4.79 Å². The zero-order chi connectivity index (χ0) is 25.2. The summed E-state index contributed by atoms with van der Waals surface area (Å²) in [4.78, 5) is 14.5. The summed E-state index contributed by atoms with van der Waals surface area (Å²) in [6.07, 6.45) is 0.877. The lowest BCUT2D eigenvalue weighted by Gasteiger charge is -2.34. The molecule has 5 rings (SSSR count). The molecule has 1 aliphatic rings. The van der Waals surface area contributed by atoms with E-state index in [-0.39, 0.29) is 24.0 Å². The normalized spacial score (nSPS) is 17.8. The molecule has 0 aromatic heterocycles. The Morgan fingerprint density at radius 1 is 1.00 bits per heavy atom. The van der Waals surface area contributed by atoms with Crippen molar-refractivity contribution in [1.82, 2.24) is 10.2 Å². The third kappa shape index (κ3) is 4.74. The molecule has 0 bridgehead atoms. The third-order valence-electron chi connectivity index (χ3n) is 7.33. The van der Waals surface area contributed by atoms with Crippen molar-refractivity contribution >= 4 is 16.7 Å². The molecule has 2 unspecified atom stereocenters. The monoisotopic (exact) mass is 478 g/mol. The SMILES string of the molecule is Cc1ccc(C2CC(CN[C@H](C)c3cccc4ccccc34)Oc3ccccc32)cc1C(=O)N(C)C. The molecule has 184 valence electrons. The Balaban J connectivity index is 1.39. The number of aryl methyl sites for hydroxylation is 1. The highest BCUT2D eigenvalue weighted by atomic mass is 16.5. The fourth-order valence-corrected chi connectivity index (χ4v) is 5.31. The van der Waals surface area contributed by atoms with E-state index < -0.39 is 0 Å². The van der Waals surface area contributed by atoms with Crippen LogP contribution in [0.2, 0.25) is 0 Å². The van der Waals surface area contributed by atoms with Gasteiger partial charge in [0.15, 0.2) is 0 Å². The van der Waals surface area contributed by atoms with Gasteiger partial charge in [-0.1, -0.05) is 72.8 Å². The number of ether oxygens (including phenoxy) is 1. The second-order valence-corrected chi connectivity index (χ2v) is 10.0. The Bertz CT molecular complexity index is 1390. The van der Waals surface area contributed by atoms with Crippen LogP contribution in [0.1, 0.15) is 57.9 Å². The molecular formula is C32H34N2O2. The largest absolute Gasteiger partial charge is 0.489 e. The van der Waals surface area contributed by atoms with E-state index in [1.165, 1.54) is 21.9 Å². The molecule has 36 heavy (non-hydrogen) atoms. The van der Waals surface area contributed by atoms with Crippen LogP contribution in [0.15, 0.2) is 84.9 Å². The van der Waals surface area contributed by atoms with Crippen molar-refractivity contribution in [2.75, 3.05) is 20.6 Å². The van der Waals surface area contributed by atoms with E-state index in [4.69, 9.17) is 4.74 Å². The zero-order valence-electron chi connectivity index (χ0n) is 21.5. The standard InChI is InChI=1S/C32H34N2O2/c1-21-16-17-24(18-29(21)32(35)34(3)4)30-19-25(36-31-15-8-7-13-28(30)31)20-33-22(2)26-14-9-11-23-10-5-6-12-27(23)26/h5-18,22,25,30,33H,19-20H2,1-4H3/t22-,25?,30?/m1/s1.